The van der Waals surface area contributed by atoms with Crippen LogP contribution in [0.2, 0.25) is 0 Å². The van der Waals surface area contributed by atoms with Crippen molar-refractivity contribution in [2.75, 3.05) is 13.2 Å². The lowest BCUT2D eigenvalue weighted by Crippen LogP contribution is -2.54. The Balaban J connectivity index is 1.60. The number of hydrogen-bond acceptors (Lipinski definition) is 5. The average Bonchev–Trinajstić information content (AvgIpc) is 3.05. The normalized spacial score (nSPS) is 24.6. The van der Waals surface area contributed by atoms with Crippen molar-refractivity contribution in [1.29, 1.82) is 0 Å². The number of amides is 3. The highest BCUT2D eigenvalue weighted by atomic mass is 16.5. The van der Waals surface area contributed by atoms with Gasteiger partial charge in [-0.05, 0) is 38.7 Å². The molecule has 2 fully saturated rings. The summed E-state index contributed by atoms with van der Waals surface area (Å²) in [5, 5.41) is 2.79. The van der Waals surface area contributed by atoms with Crippen LogP contribution in [0.25, 0.3) is 0 Å². The van der Waals surface area contributed by atoms with Crippen molar-refractivity contribution in [3.63, 3.8) is 0 Å². The van der Waals surface area contributed by atoms with E-state index < -0.39 is 30.7 Å². The number of carbonyl (C=O) groups is 4. The van der Waals surface area contributed by atoms with Crippen molar-refractivity contribution in [2.45, 2.75) is 52.0 Å². The number of nitrogens with one attached hydrogen (secondary N) is 1. The zero-order valence-electron chi connectivity index (χ0n) is 16.8. The minimum absolute atomic E-state index is 0.0181. The Morgan fingerprint density at radius 1 is 1.29 bits per heavy atom. The van der Waals surface area contributed by atoms with Crippen molar-refractivity contribution in [3.05, 3.63) is 23.0 Å². The SMILES string of the molecule is Cc1cc(C(=O)COC(=O)CN2C(=O)N[C@]3(CCCC[C@@H]3C)C2=O)c(C)n1C. The van der Waals surface area contributed by atoms with Crippen LogP contribution < -0.4 is 5.32 Å². The van der Waals surface area contributed by atoms with E-state index in [1.807, 2.05) is 32.4 Å². The Hall–Kier alpha value is -2.64. The Kier molecular flexibility index (Phi) is 5.32. The van der Waals surface area contributed by atoms with Crippen LogP contribution in [0.3, 0.4) is 0 Å². The summed E-state index contributed by atoms with van der Waals surface area (Å²) < 4.78 is 6.93. The molecule has 1 aromatic rings. The Labute approximate surface area is 164 Å². The van der Waals surface area contributed by atoms with Gasteiger partial charge in [-0.2, -0.15) is 0 Å². The molecule has 1 aliphatic carbocycles. The summed E-state index contributed by atoms with van der Waals surface area (Å²) in [6.07, 6.45) is 3.32. The van der Waals surface area contributed by atoms with Gasteiger partial charge in [0.15, 0.2) is 6.61 Å². The number of hydrogen-bond donors (Lipinski definition) is 1. The van der Waals surface area contributed by atoms with Crippen molar-refractivity contribution in [2.24, 2.45) is 13.0 Å². The third kappa shape index (κ3) is 3.31. The summed E-state index contributed by atoms with van der Waals surface area (Å²) in [6.45, 7) is 4.74. The minimum atomic E-state index is -0.913. The molecule has 1 spiro atoms. The van der Waals surface area contributed by atoms with Gasteiger partial charge in [0.2, 0.25) is 5.78 Å². The van der Waals surface area contributed by atoms with Gasteiger partial charge >= 0.3 is 12.0 Å². The number of aryl methyl sites for hydroxylation is 1. The summed E-state index contributed by atoms with van der Waals surface area (Å²) in [4.78, 5) is 50.6. The second-order valence-corrected chi connectivity index (χ2v) is 7.87. The first-order chi connectivity index (χ1) is 13.2. The van der Waals surface area contributed by atoms with E-state index in [0.717, 1.165) is 35.6 Å². The molecule has 3 amide bonds. The van der Waals surface area contributed by atoms with Crippen LogP contribution in [0.5, 0.6) is 0 Å². The van der Waals surface area contributed by atoms with Gasteiger partial charge in [-0.1, -0.05) is 19.8 Å². The van der Waals surface area contributed by atoms with Crippen LogP contribution in [0.4, 0.5) is 4.79 Å². The molecule has 28 heavy (non-hydrogen) atoms. The summed E-state index contributed by atoms with van der Waals surface area (Å²) in [5.41, 5.74) is 1.31. The second-order valence-electron chi connectivity index (χ2n) is 7.87. The van der Waals surface area contributed by atoms with Gasteiger partial charge in [-0.3, -0.25) is 19.3 Å². The molecule has 1 N–H and O–H groups in total. The number of ether oxygens (including phenoxy) is 1. The number of carbonyl (C=O) groups excluding carboxylic acids is 4. The minimum Gasteiger partial charge on any atom is -0.456 e. The third-order valence-corrected chi connectivity index (χ3v) is 6.23. The fraction of sp³-hybridized carbons (Fsp3) is 0.600. The van der Waals surface area contributed by atoms with E-state index >= 15 is 0 Å². The third-order valence-electron chi connectivity index (χ3n) is 6.23. The topological polar surface area (TPSA) is 97.7 Å². The van der Waals surface area contributed by atoms with Gasteiger partial charge in [0.25, 0.3) is 5.91 Å². The quantitative estimate of drug-likeness (QED) is 0.471. The zero-order chi connectivity index (χ0) is 20.6. The van der Waals surface area contributed by atoms with E-state index in [1.54, 1.807) is 6.07 Å². The standard InChI is InChI=1S/C20H27N3O5/c1-12-7-5-6-8-20(12)18(26)23(19(27)21-20)10-17(25)28-11-16(24)15-9-13(2)22(4)14(15)3/h9,12H,5-8,10-11H2,1-4H3,(H,21,27)/t12-,20-/m0/s1. The smallest absolute Gasteiger partial charge is 0.326 e. The molecule has 2 heterocycles. The summed E-state index contributed by atoms with van der Waals surface area (Å²) in [6, 6.07) is 1.17. The molecular weight excluding hydrogens is 362 g/mol. The molecule has 1 saturated carbocycles. The molecule has 152 valence electrons. The molecule has 1 aliphatic heterocycles. The maximum atomic E-state index is 12.8. The lowest BCUT2D eigenvalue weighted by Gasteiger charge is -2.36. The fourth-order valence-corrected chi connectivity index (χ4v) is 4.18. The van der Waals surface area contributed by atoms with Crippen LogP contribution >= 0.6 is 0 Å². The Morgan fingerprint density at radius 3 is 2.61 bits per heavy atom. The van der Waals surface area contributed by atoms with Gasteiger partial charge in [0.05, 0.1) is 0 Å². The average molecular weight is 389 g/mol. The summed E-state index contributed by atoms with van der Waals surface area (Å²) >= 11 is 0. The molecule has 0 unspecified atom stereocenters. The number of esters is 1. The molecule has 3 rings (SSSR count). The monoisotopic (exact) mass is 389 g/mol. The predicted octanol–water partition coefficient (Wildman–Crippen LogP) is 1.87. The van der Waals surface area contributed by atoms with Gasteiger partial charge in [-0.25, -0.2) is 4.79 Å². The largest absolute Gasteiger partial charge is 0.456 e. The maximum absolute atomic E-state index is 12.8. The highest BCUT2D eigenvalue weighted by Crippen LogP contribution is 2.38. The number of rotatable bonds is 5. The molecule has 1 saturated heterocycles. The van der Waals surface area contributed by atoms with E-state index in [4.69, 9.17) is 4.74 Å². The number of aromatic nitrogens is 1. The molecule has 1 aromatic heterocycles. The lowest BCUT2D eigenvalue weighted by atomic mass is 9.73. The first-order valence-corrected chi connectivity index (χ1v) is 9.63. The van der Waals surface area contributed by atoms with Crippen molar-refractivity contribution in [1.82, 2.24) is 14.8 Å². The van der Waals surface area contributed by atoms with Gasteiger partial charge < -0.3 is 14.6 Å². The molecule has 8 nitrogen and oxygen atoms in total. The molecule has 2 aliphatic rings. The molecule has 8 heteroatoms. The van der Waals surface area contributed by atoms with E-state index in [1.165, 1.54) is 0 Å². The molecule has 2 atom stereocenters. The zero-order valence-corrected chi connectivity index (χ0v) is 16.8. The first-order valence-electron chi connectivity index (χ1n) is 9.63. The van der Waals surface area contributed by atoms with Crippen LogP contribution in [-0.2, 0) is 21.4 Å². The number of Topliss-reactive ketones (excluding diaryl/α,β-unsaturated/α-hetero) is 1. The first kappa shape index (κ1) is 20.1. The molecule has 0 radical (unpaired) electrons. The van der Waals surface area contributed by atoms with E-state index in [9.17, 15) is 19.2 Å². The molecular formula is C20H27N3O5. The highest BCUT2D eigenvalue weighted by molar-refractivity contribution is 6.09. The maximum Gasteiger partial charge on any atom is 0.326 e. The van der Waals surface area contributed by atoms with Crippen LogP contribution in [-0.4, -0.2) is 51.8 Å². The van der Waals surface area contributed by atoms with Crippen LogP contribution in [0.1, 0.15) is 54.4 Å². The molecule has 0 aromatic carbocycles. The van der Waals surface area contributed by atoms with Gasteiger partial charge in [0, 0.05) is 24.0 Å². The second kappa shape index (κ2) is 7.41. The Morgan fingerprint density at radius 2 is 2.00 bits per heavy atom. The van der Waals surface area contributed by atoms with Gasteiger partial charge in [0.1, 0.15) is 12.1 Å². The highest BCUT2D eigenvalue weighted by Gasteiger charge is 2.55. The number of urea groups is 1. The summed E-state index contributed by atoms with van der Waals surface area (Å²) in [7, 11) is 1.85. The van der Waals surface area contributed by atoms with E-state index in [-0.39, 0.29) is 17.6 Å². The number of imide groups is 1. The van der Waals surface area contributed by atoms with Crippen LogP contribution in [0, 0.1) is 19.8 Å². The van der Waals surface area contributed by atoms with Crippen molar-refractivity contribution in [3.8, 4) is 0 Å². The van der Waals surface area contributed by atoms with Crippen molar-refractivity contribution < 1.29 is 23.9 Å². The van der Waals surface area contributed by atoms with Crippen molar-refractivity contribution >= 4 is 23.7 Å². The predicted molar refractivity (Wildman–Crippen MR) is 101 cm³/mol. The van der Waals surface area contributed by atoms with Gasteiger partial charge in [-0.15, -0.1) is 0 Å². The fourth-order valence-electron chi connectivity index (χ4n) is 4.18. The lowest BCUT2D eigenvalue weighted by molar-refractivity contribution is -0.147. The molecule has 0 bridgehead atoms. The van der Waals surface area contributed by atoms with Crippen LogP contribution in [0.15, 0.2) is 6.07 Å². The number of ketones is 1. The Bertz CT molecular complexity index is 843. The van der Waals surface area contributed by atoms with E-state index in [2.05, 4.69) is 5.32 Å². The van der Waals surface area contributed by atoms with E-state index in [0.29, 0.717) is 12.0 Å². The number of nitrogens with zero attached hydrogens (tertiary/aromatic N) is 2. The summed E-state index contributed by atoms with van der Waals surface area (Å²) in [5.74, 6) is -1.45.